The summed E-state index contributed by atoms with van der Waals surface area (Å²) in [7, 11) is 0. The molecule has 0 spiro atoms. The summed E-state index contributed by atoms with van der Waals surface area (Å²) in [6.07, 6.45) is 12.8. The van der Waals surface area contributed by atoms with Crippen LogP contribution in [-0.4, -0.2) is 0 Å². The van der Waals surface area contributed by atoms with E-state index in [0.29, 0.717) is 11.8 Å². The molecule has 314 valence electrons. The second-order valence-corrected chi connectivity index (χ2v) is 19.0. The first-order valence-corrected chi connectivity index (χ1v) is 24.1. The summed E-state index contributed by atoms with van der Waals surface area (Å²) < 4.78 is 0. The SMILES string of the molecule is Cc1ccc(N(c2cccc3ccccc23)c2cc(C3CCCCC3)c3ccc4c(N(c5ccc(C)cc5)c5cccc6ccccc56)cc(C5CCCCC5)c5ccc2c3c54)cc1. The van der Waals surface area contributed by atoms with Crippen molar-refractivity contribution in [1.29, 1.82) is 0 Å². The van der Waals surface area contributed by atoms with Crippen molar-refractivity contribution in [2.24, 2.45) is 0 Å². The minimum Gasteiger partial charge on any atom is -0.309 e. The van der Waals surface area contributed by atoms with Gasteiger partial charge in [-0.3, -0.25) is 0 Å². The predicted molar refractivity (Wildman–Crippen MR) is 276 cm³/mol. The van der Waals surface area contributed by atoms with Crippen LogP contribution in [0.15, 0.2) is 170 Å². The summed E-state index contributed by atoms with van der Waals surface area (Å²) in [4.78, 5) is 5.19. The number of rotatable bonds is 8. The van der Waals surface area contributed by atoms with Crippen LogP contribution in [0.5, 0.6) is 0 Å². The molecule has 0 saturated heterocycles. The van der Waals surface area contributed by atoms with Gasteiger partial charge in [0.05, 0.1) is 22.7 Å². The highest BCUT2D eigenvalue weighted by Crippen LogP contribution is 2.54. The van der Waals surface area contributed by atoms with Crippen LogP contribution >= 0.6 is 0 Å². The van der Waals surface area contributed by atoms with Gasteiger partial charge in [-0.25, -0.2) is 0 Å². The zero-order valence-electron chi connectivity index (χ0n) is 37.3. The lowest BCUT2D eigenvalue weighted by Crippen LogP contribution is -2.15. The van der Waals surface area contributed by atoms with Gasteiger partial charge >= 0.3 is 0 Å². The lowest BCUT2D eigenvalue weighted by atomic mass is 9.77. The summed E-state index contributed by atoms with van der Waals surface area (Å²) >= 11 is 0. The maximum atomic E-state index is 2.62. The monoisotopic (exact) mass is 828 g/mol. The third-order valence-corrected chi connectivity index (χ3v) is 15.1. The Labute approximate surface area is 378 Å². The first-order chi connectivity index (χ1) is 31.6. The largest absolute Gasteiger partial charge is 0.309 e. The van der Waals surface area contributed by atoms with E-state index in [9.17, 15) is 0 Å². The summed E-state index contributed by atoms with van der Waals surface area (Å²) in [5.74, 6) is 1.03. The predicted octanol–water partition coefficient (Wildman–Crippen LogP) is 18.5. The van der Waals surface area contributed by atoms with E-state index in [0.717, 1.165) is 0 Å². The molecule has 0 N–H and O–H groups in total. The maximum Gasteiger partial charge on any atom is 0.0543 e. The van der Waals surface area contributed by atoms with Crippen LogP contribution in [0.3, 0.4) is 0 Å². The van der Waals surface area contributed by atoms with Crippen LogP contribution in [0.2, 0.25) is 0 Å². The van der Waals surface area contributed by atoms with Gasteiger partial charge in [0.1, 0.15) is 0 Å². The number of fused-ring (bicyclic) bond motifs is 2. The molecule has 2 nitrogen and oxygen atoms in total. The van der Waals surface area contributed by atoms with E-state index in [2.05, 4.69) is 194 Å². The average Bonchev–Trinajstić information content (AvgIpc) is 3.35. The third-order valence-electron chi connectivity index (χ3n) is 15.1. The standard InChI is InChI=1S/C62H56N2/c1-41-27-31-47(32-28-41)63(57-25-13-21-43-19-9-11-23-49(43)57)59-39-55(45-15-5-3-6-16-45)51-36-38-54-60(40-56(46-17-7-4-8-18-46)52-35-37-53(59)61(51)62(52)54)64(48-33-29-42(2)30-34-48)58-26-14-22-44-20-10-12-24-50(44)58/h9-14,19-40,45-46H,3-8,15-18H2,1-2H3. The average molecular weight is 829 g/mol. The fourth-order valence-electron chi connectivity index (χ4n) is 11.9. The Morgan fingerprint density at radius 1 is 0.328 bits per heavy atom. The van der Waals surface area contributed by atoms with Gasteiger partial charge in [0, 0.05) is 32.9 Å². The van der Waals surface area contributed by atoms with Gasteiger partial charge < -0.3 is 9.80 Å². The number of benzene rings is 10. The molecule has 64 heavy (non-hydrogen) atoms. The highest BCUT2D eigenvalue weighted by Gasteiger charge is 2.30. The Morgan fingerprint density at radius 3 is 1.12 bits per heavy atom. The number of nitrogens with zero attached hydrogens (tertiary/aromatic N) is 2. The molecule has 10 aromatic carbocycles. The number of hydrogen-bond donors (Lipinski definition) is 0. The second kappa shape index (κ2) is 16.2. The van der Waals surface area contributed by atoms with Crippen molar-refractivity contribution in [1.82, 2.24) is 0 Å². The maximum absolute atomic E-state index is 2.62. The van der Waals surface area contributed by atoms with Gasteiger partial charge in [0.25, 0.3) is 0 Å². The van der Waals surface area contributed by atoms with Gasteiger partial charge in [-0.15, -0.1) is 0 Å². The Morgan fingerprint density at radius 2 is 0.703 bits per heavy atom. The van der Waals surface area contributed by atoms with Crippen molar-refractivity contribution in [3.8, 4) is 0 Å². The van der Waals surface area contributed by atoms with Gasteiger partial charge in [-0.2, -0.15) is 0 Å². The third kappa shape index (κ3) is 6.61. The van der Waals surface area contributed by atoms with Crippen molar-refractivity contribution >= 4 is 88.0 Å². The van der Waals surface area contributed by atoms with E-state index >= 15 is 0 Å². The van der Waals surface area contributed by atoms with Gasteiger partial charge in [0.2, 0.25) is 0 Å². The van der Waals surface area contributed by atoms with Crippen LogP contribution in [0.1, 0.15) is 98.3 Å². The molecule has 2 saturated carbocycles. The minimum absolute atomic E-state index is 0.515. The molecule has 2 heteroatoms. The van der Waals surface area contributed by atoms with Crippen LogP contribution in [0.4, 0.5) is 34.1 Å². The van der Waals surface area contributed by atoms with E-state index in [1.165, 1.54) is 174 Å². The van der Waals surface area contributed by atoms with Crippen molar-refractivity contribution in [2.45, 2.75) is 89.9 Å². The lowest BCUT2D eigenvalue weighted by Gasteiger charge is -2.34. The summed E-state index contributed by atoms with van der Waals surface area (Å²) in [6.45, 7) is 4.39. The molecule has 0 radical (unpaired) electrons. The zero-order chi connectivity index (χ0) is 42.7. The van der Waals surface area contributed by atoms with Crippen LogP contribution < -0.4 is 9.80 Å². The molecule has 2 aliphatic rings. The summed E-state index contributed by atoms with van der Waals surface area (Å²) in [5.41, 5.74) is 12.9. The van der Waals surface area contributed by atoms with Gasteiger partial charge in [0.15, 0.2) is 0 Å². The number of hydrogen-bond acceptors (Lipinski definition) is 2. The van der Waals surface area contributed by atoms with Crippen LogP contribution in [0, 0.1) is 13.8 Å². The molecule has 0 atom stereocenters. The highest BCUT2D eigenvalue weighted by molar-refractivity contribution is 6.30. The molecule has 0 bridgehead atoms. The molecular formula is C62H56N2. The quantitative estimate of drug-likeness (QED) is 0.141. The first-order valence-electron chi connectivity index (χ1n) is 24.1. The highest BCUT2D eigenvalue weighted by atomic mass is 15.2. The van der Waals surface area contributed by atoms with Gasteiger partial charge in [-0.1, -0.05) is 171 Å². The fourth-order valence-corrected chi connectivity index (χ4v) is 11.9. The Kier molecular flexibility index (Phi) is 9.85. The molecule has 0 heterocycles. The number of anilines is 6. The Balaban J connectivity index is 1.23. The van der Waals surface area contributed by atoms with E-state index < -0.39 is 0 Å². The Bertz CT molecular complexity index is 3080. The minimum atomic E-state index is 0.515. The fraction of sp³-hybridized carbons (Fsp3) is 0.226. The van der Waals surface area contributed by atoms with E-state index in [1.807, 2.05) is 0 Å². The number of aryl methyl sites for hydroxylation is 2. The van der Waals surface area contributed by atoms with E-state index in [1.54, 1.807) is 0 Å². The molecule has 10 aromatic rings. The van der Waals surface area contributed by atoms with Gasteiger partial charge in [-0.05, 0) is 143 Å². The summed E-state index contributed by atoms with van der Waals surface area (Å²) in [6, 6.07) is 65.3. The zero-order valence-corrected chi connectivity index (χ0v) is 37.3. The van der Waals surface area contributed by atoms with Crippen LogP contribution in [-0.2, 0) is 0 Å². The van der Waals surface area contributed by atoms with Crippen molar-refractivity contribution < 1.29 is 0 Å². The van der Waals surface area contributed by atoms with Crippen molar-refractivity contribution in [3.63, 3.8) is 0 Å². The van der Waals surface area contributed by atoms with E-state index in [-0.39, 0.29) is 0 Å². The lowest BCUT2D eigenvalue weighted by molar-refractivity contribution is 0.445. The molecule has 2 fully saturated rings. The second-order valence-electron chi connectivity index (χ2n) is 19.0. The molecule has 0 amide bonds. The topological polar surface area (TPSA) is 6.48 Å². The van der Waals surface area contributed by atoms with E-state index in [4.69, 9.17) is 0 Å². The summed E-state index contributed by atoms with van der Waals surface area (Å²) in [5, 5.41) is 13.4. The molecule has 12 rings (SSSR count). The molecule has 0 unspecified atom stereocenters. The van der Waals surface area contributed by atoms with Crippen molar-refractivity contribution in [2.75, 3.05) is 9.80 Å². The normalized spacial score (nSPS) is 15.2. The Hall–Kier alpha value is -6.64. The van der Waals surface area contributed by atoms with Crippen molar-refractivity contribution in [3.05, 3.63) is 192 Å². The smallest absolute Gasteiger partial charge is 0.0543 e. The molecular weight excluding hydrogens is 773 g/mol. The molecule has 0 aromatic heterocycles. The van der Waals surface area contributed by atoms with Crippen LogP contribution in [0.25, 0.3) is 53.9 Å². The molecule has 0 aliphatic heterocycles. The first kappa shape index (κ1) is 39.0. The molecule has 2 aliphatic carbocycles.